The van der Waals surface area contributed by atoms with Crippen LogP contribution in [0.25, 0.3) is 0 Å². The standard InChI is InChI=1S/C8H12N4O2/c13-8(14)7-10-5-11-12(7)6-1-3-9-4-2-6/h5-6,9H,1-4H2,(H,13,14). The average Bonchev–Trinajstić information content (AvgIpc) is 2.67. The highest BCUT2D eigenvalue weighted by Crippen LogP contribution is 2.18. The van der Waals surface area contributed by atoms with Gasteiger partial charge >= 0.3 is 5.97 Å². The van der Waals surface area contributed by atoms with Crippen LogP contribution in [0.1, 0.15) is 29.5 Å². The van der Waals surface area contributed by atoms with Crippen LogP contribution < -0.4 is 5.32 Å². The molecule has 0 aromatic carbocycles. The Kier molecular flexibility index (Phi) is 2.45. The third-order valence-electron chi connectivity index (χ3n) is 2.42. The number of carboxylic acids is 1. The van der Waals surface area contributed by atoms with Gasteiger partial charge in [-0.25, -0.2) is 14.5 Å². The minimum atomic E-state index is -1.01. The molecule has 1 aromatic heterocycles. The molecule has 0 unspecified atom stereocenters. The number of piperidine rings is 1. The lowest BCUT2D eigenvalue weighted by Gasteiger charge is -2.23. The van der Waals surface area contributed by atoms with Crippen LogP contribution in [0.2, 0.25) is 0 Å². The topological polar surface area (TPSA) is 80.0 Å². The SMILES string of the molecule is O=C(O)c1ncnn1C1CCNCC1. The Hall–Kier alpha value is -1.43. The summed E-state index contributed by atoms with van der Waals surface area (Å²) in [7, 11) is 0. The van der Waals surface area contributed by atoms with Crippen LogP contribution in [0.3, 0.4) is 0 Å². The van der Waals surface area contributed by atoms with Gasteiger partial charge in [0, 0.05) is 0 Å². The first-order chi connectivity index (χ1) is 6.79. The lowest BCUT2D eigenvalue weighted by atomic mass is 10.1. The summed E-state index contributed by atoms with van der Waals surface area (Å²) < 4.78 is 1.52. The number of aromatic carboxylic acids is 1. The quantitative estimate of drug-likeness (QED) is 0.690. The molecule has 0 atom stereocenters. The number of nitrogens with one attached hydrogen (secondary N) is 1. The van der Waals surface area contributed by atoms with Crippen molar-refractivity contribution in [3.05, 3.63) is 12.2 Å². The van der Waals surface area contributed by atoms with Gasteiger partial charge in [-0.05, 0) is 25.9 Å². The molecule has 6 heteroatoms. The molecule has 1 aliphatic rings. The van der Waals surface area contributed by atoms with E-state index in [1.54, 1.807) is 0 Å². The third-order valence-corrected chi connectivity index (χ3v) is 2.42. The molecule has 0 spiro atoms. The van der Waals surface area contributed by atoms with Gasteiger partial charge in [-0.2, -0.15) is 5.10 Å². The molecule has 14 heavy (non-hydrogen) atoms. The van der Waals surface area contributed by atoms with E-state index in [0.29, 0.717) is 0 Å². The summed E-state index contributed by atoms with van der Waals surface area (Å²) in [6, 6.07) is 0.171. The van der Waals surface area contributed by atoms with Crippen molar-refractivity contribution in [3.8, 4) is 0 Å². The van der Waals surface area contributed by atoms with Crippen LogP contribution in [0.15, 0.2) is 6.33 Å². The Balaban J connectivity index is 2.21. The van der Waals surface area contributed by atoms with E-state index in [2.05, 4.69) is 15.4 Å². The van der Waals surface area contributed by atoms with Crippen molar-refractivity contribution >= 4 is 5.97 Å². The molecule has 76 valence electrons. The molecule has 1 aliphatic heterocycles. The maximum absolute atomic E-state index is 10.8. The molecule has 0 saturated carbocycles. The largest absolute Gasteiger partial charge is 0.475 e. The van der Waals surface area contributed by atoms with Crippen molar-refractivity contribution in [2.45, 2.75) is 18.9 Å². The Morgan fingerprint density at radius 3 is 2.93 bits per heavy atom. The monoisotopic (exact) mass is 196 g/mol. The van der Waals surface area contributed by atoms with Gasteiger partial charge in [0.1, 0.15) is 6.33 Å². The minimum Gasteiger partial charge on any atom is -0.475 e. The van der Waals surface area contributed by atoms with Gasteiger partial charge in [-0.3, -0.25) is 0 Å². The fourth-order valence-corrected chi connectivity index (χ4v) is 1.72. The van der Waals surface area contributed by atoms with Crippen LogP contribution in [0.4, 0.5) is 0 Å². The predicted octanol–water partition coefficient (Wildman–Crippen LogP) is -0.0992. The molecule has 0 radical (unpaired) electrons. The zero-order chi connectivity index (χ0) is 9.97. The smallest absolute Gasteiger partial charge is 0.373 e. The van der Waals surface area contributed by atoms with Gasteiger partial charge in [0.05, 0.1) is 6.04 Å². The highest BCUT2D eigenvalue weighted by atomic mass is 16.4. The second kappa shape index (κ2) is 3.75. The van der Waals surface area contributed by atoms with E-state index in [1.165, 1.54) is 11.0 Å². The number of rotatable bonds is 2. The van der Waals surface area contributed by atoms with Gasteiger partial charge in [0.15, 0.2) is 0 Å². The fraction of sp³-hybridized carbons (Fsp3) is 0.625. The van der Waals surface area contributed by atoms with Crippen molar-refractivity contribution in [2.24, 2.45) is 0 Å². The summed E-state index contributed by atoms with van der Waals surface area (Å²) >= 11 is 0. The Morgan fingerprint density at radius 2 is 2.29 bits per heavy atom. The lowest BCUT2D eigenvalue weighted by Crippen LogP contribution is -2.31. The van der Waals surface area contributed by atoms with E-state index in [0.717, 1.165) is 25.9 Å². The summed E-state index contributed by atoms with van der Waals surface area (Å²) in [4.78, 5) is 14.5. The first kappa shape index (κ1) is 9.14. The summed E-state index contributed by atoms with van der Waals surface area (Å²) in [6.45, 7) is 1.81. The number of nitrogens with zero attached hydrogens (tertiary/aromatic N) is 3. The first-order valence-corrected chi connectivity index (χ1v) is 4.62. The van der Waals surface area contributed by atoms with Crippen LogP contribution in [0, 0.1) is 0 Å². The van der Waals surface area contributed by atoms with E-state index < -0.39 is 5.97 Å². The number of carbonyl (C=O) groups is 1. The van der Waals surface area contributed by atoms with E-state index in [-0.39, 0.29) is 11.9 Å². The van der Waals surface area contributed by atoms with Crippen molar-refractivity contribution in [2.75, 3.05) is 13.1 Å². The molecule has 0 aliphatic carbocycles. The van der Waals surface area contributed by atoms with Crippen molar-refractivity contribution in [3.63, 3.8) is 0 Å². The summed E-state index contributed by atoms with van der Waals surface area (Å²) in [5.74, 6) is -0.974. The molecule has 1 fully saturated rings. The third kappa shape index (κ3) is 1.60. The highest BCUT2D eigenvalue weighted by molar-refractivity contribution is 5.83. The minimum absolute atomic E-state index is 0.0388. The molecule has 6 nitrogen and oxygen atoms in total. The molecule has 2 N–H and O–H groups in total. The van der Waals surface area contributed by atoms with E-state index in [9.17, 15) is 4.79 Å². The number of hydrogen-bond donors (Lipinski definition) is 2. The number of aromatic nitrogens is 3. The number of carboxylic acid groups (broad SMARTS) is 1. The highest BCUT2D eigenvalue weighted by Gasteiger charge is 2.21. The average molecular weight is 196 g/mol. The normalized spacial score (nSPS) is 18.3. The van der Waals surface area contributed by atoms with E-state index >= 15 is 0 Å². The van der Waals surface area contributed by atoms with Crippen molar-refractivity contribution in [1.82, 2.24) is 20.1 Å². The maximum Gasteiger partial charge on any atom is 0.373 e. The van der Waals surface area contributed by atoms with Crippen LogP contribution in [0.5, 0.6) is 0 Å². The van der Waals surface area contributed by atoms with Gasteiger partial charge in [-0.15, -0.1) is 0 Å². The Bertz CT molecular complexity index is 330. The molecule has 2 rings (SSSR count). The molecule has 0 amide bonds. The molecular weight excluding hydrogens is 184 g/mol. The predicted molar refractivity (Wildman–Crippen MR) is 48.1 cm³/mol. The van der Waals surface area contributed by atoms with Gasteiger partial charge in [0.25, 0.3) is 0 Å². The van der Waals surface area contributed by atoms with Gasteiger partial charge < -0.3 is 10.4 Å². The van der Waals surface area contributed by atoms with Crippen LogP contribution >= 0.6 is 0 Å². The second-order valence-electron chi connectivity index (χ2n) is 3.31. The lowest BCUT2D eigenvalue weighted by molar-refractivity contribution is 0.0671. The molecule has 1 aromatic rings. The van der Waals surface area contributed by atoms with E-state index in [4.69, 9.17) is 5.11 Å². The second-order valence-corrected chi connectivity index (χ2v) is 3.31. The van der Waals surface area contributed by atoms with Crippen molar-refractivity contribution in [1.29, 1.82) is 0 Å². The van der Waals surface area contributed by atoms with Crippen molar-refractivity contribution < 1.29 is 9.90 Å². The van der Waals surface area contributed by atoms with E-state index in [1.807, 2.05) is 0 Å². The van der Waals surface area contributed by atoms with Gasteiger partial charge in [0.2, 0.25) is 5.82 Å². The first-order valence-electron chi connectivity index (χ1n) is 4.62. The summed E-state index contributed by atoms with van der Waals surface area (Å²) in [6.07, 6.45) is 3.11. The molecule has 2 heterocycles. The summed E-state index contributed by atoms with van der Waals surface area (Å²) in [5.41, 5.74) is 0. The molecular formula is C8H12N4O2. The van der Waals surface area contributed by atoms with Crippen LogP contribution in [-0.2, 0) is 0 Å². The zero-order valence-electron chi connectivity index (χ0n) is 7.68. The molecule has 1 saturated heterocycles. The van der Waals surface area contributed by atoms with Gasteiger partial charge in [-0.1, -0.05) is 0 Å². The summed E-state index contributed by atoms with van der Waals surface area (Å²) in [5, 5.41) is 16.0. The Labute approximate surface area is 80.9 Å². The maximum atomic E-state index is 10.8. The Morgan fingerprint density at radius 1 is 1.57 bits per heavy atom. The molecule has 0 bridgehead atoms. The fourth-order valence-electron chi connectivity index (χ4n) is 1.72. The van der Waals surface area contributed by atoms with Crippen LogP contribution in [-0.4, -0.2) is 38.9 Å². The number of hydrogen-bond acceptors (Lipinski definition) is 4. The zero-order valence-corrected chi connectivity index (χ0v) is 7.68.